The van der Waals surface area contributed by atoms with Gasteiger partial charge in [-0.2, -0.15) is 13.2 Å². The number of anilines is 1. The van der Waals surface area contributed by atoms with Crippen LogP contribution in [0.15, 0.2) is 12.3 Å². The second-order valence-electron chi connectivity index (χ2n) is 2.42. The summed E-state index contributed by atoms with van der Waals surface area (Å²) in [6, 6.07) is 1.20. The lowest BCUT2D eigenvalue weighted by Crippen LogP contribution is -2.08. The van der Waals surface area contributed by atoms with Crippen LogP contribution in [0.1, 0.15) is 25.0 Å². The van der Waals surface area contributed by atoms with Crippen molar-refractivity contribution in [2.45, 2.75) is 26.9 Å². The molecule has 0 aliphatic heterocycles. The molecule has 14 heavy (non-hydrogen) atoms. The molecule has 0 aromatic carbocycles. The number of hydrogen-bond acceptors (Lipinski definition) is 2. The van der Waals surface area contributed by atoms with Gasteiger partial charge in [-0.05, 0) is 18.6 Å². The number of aromatic nitrogens is 1. The van der Waals surface area contributed by atoms with Crippen LogP contribution in [0.2, 0.25) is 0 Å². The number of aryl methyl sites for hydroxylation is 1. The van der Waals surface area contributed by atoms with E-state index >= 15 is 0 Å². The van der Waals surface area contributed by atoms with Crippen molar-refractivity contribution in [3.05, 3.63) is 23.4 Å². The SMILES string of the molecule is CC.Cc1cc(N)ncc1C(F)(F)F. The van der Waals surface area contributed by atoms with Gasteiger partial charge in [0, 0.05) is 6.20 Å². The maximum atomic E-state index is 12.1. The highest BCUT2D eigenvalue weighted by Gasteiger charge is 2.32. The van der Waals surface area contributed by atoms with Gasteiger partial charge in [-0.15, -0.1) is 0 Å². The molecule has 0 aliphatic rings. The fourth-order valence-electron chi connectivity index (χ4n) is 0.875. The molecule has 0 spiro atoms. The molecule has 1 aromatic rings. The van der Waals surface area contributed by atoms with E-state index in [-0.39, 0.29) is 11.4 Å². The number of halogens is 3. The van der Waals surface area contributed by atoms with E-state index in [4.69, 9.17) is 5.73 Å². The van der Waals surface area contributed by atoms with Crippen molar-refractivity contribution in [3.8, 4) is 0 Å². The minimum absolute atomic E-state index is 0.0926. The van der Waals surface area contributed by atoms with Crippen molar-refractivity contribution in [2.24, 2.45) is 0 Å². The Kier molecular flexibility index (Phi) is 4.40. The van der Waals surface area contributed by atoms with Crippen molar-refractivity contribution >= 4 is 5.82 Å². The molecule has 1 heterocycles. The quantitative estimate of drug-likeness (QED) is 0.708. The van der Waals surface area contributed by atoms with Crippen LogP contribution in [0, 0.1) is 6.92 Å². The van der Waals surface area contributed by atoms with E-state index in [1.807, 2.05) is 13.8 Å². The van der Waals surface area contributed by atoms with Gasteiger partial charge in [-0.3, -0.25) is 0 Å². The Morgan fingerprint density at radius 1 is 1.29 bits per heavy atom. The average molecular weight is 206 g/mol. The summed E-state index contributed by atoms with van der Waals surface area (Å²) < 4.78 is 36.3. The fourth-order valence-corrected chi connectivity index (χ4v) is 0.875. The Bertz CT molecular complexity index is 295. The van der Waals surface area contributed by atoms with Crippen molar-refractivity contribution in [1.29, 1.82) is 0 Å². The lowest BCUT2D eigenvalue weighted by Gasteiger charge is -2.08. The summed E-state index contributed by atoms with van der Waals surface area (Å²) in [5, 5.41) is 0. The lowest BCUT2D eigenvalue weighted by atomic mass is 10.1. The standard InChI is InChI=1S/C7H7F3N2.C2H6/c1-4-2-6(11)12-3-5(4)7(8,9)10;1-2/h2-3H,1H3,(H2,11,12);1-2H3. The number of nitrogen functional groups attached to an aromatic ring is 1. The van der Waals surface area contributed by atoms with E-state index < -0.39 is 11.7 Å². The first-order chi connectivity index (χ1) is 6.41. The van der Waals surface area contributed by atoms with Gasteiger partial charge >= 0.3 is 6.18 Å². The van der Waals surface area contributed by atoms with Crippen molar-refractivity contribution in [1.82, 2.24) is 4.98 Å². The molecule has 2 nitrogen and oxygen atoms in total. The van der Waals surface area contributed by atoms with Gasteiger partial charge in [0.25, 0.3) is 0 Å². The van der Waals surface area contributed by atoms with Crippen molar-refractivity contribution < 1.29 is 13.2 Å². The van der Waals surface area contributed by atoms with Crippen LogP contribution in [0.3, 0.4) is 0 Å². The van der Waals surface area contributed by atoms with Crippen LogP contribution in [0.25, 0.3) is 0 Å². The zero-order valence-electron chi connectivity index (χ0n) is 8.31. The number of nitrogens with zero attached hydrogens (tertiary/aromatic N) is 1. The summed E-state index contributed by atoms with van der Waals surface area (Å²) in [6.45, 7) is 5.35. The molecule has 0 aliphatic carbocycles. The minimum atomic E-state index is -4.34. The summed E-state index contributed by atoms with van der Waals surface area (Å²) in [5.74, 6) is 0.0977. The van der Waals surface area contributed by atoms with E-state index in [9.17, 15) is 13.2 Å². The molecular formula is C9H13F3N2. The van der Waals surface area contributed by atoms with Gasteiger partial charge in [0.05, 0.1) is 5.56 Å². The third-order valence-corrected chi connectivity index (χ3v) is 1.44. The van der Waals surface area contributed by atoms with Gasteiger partial charge in [0.15, 0.2) is 0 Å². The van der Waals surface area contributed by atoms with Gasteiger partial charge in [-0.25, -0.2) is 4.98 Å². The molecule has 5 heteroatoms. The second kappa shape index (κ2) is 4.83. The Morgan fingerprint density at radius 3 is 2.14 bits per heavy atom. The molecule has 80 valence electrons. The highest BCUT2D eigenvalue weighted by molar-refractivity contribution is 5.37. The summed E-state index contributed by atoms with van der Waals surface area (Å²) in [5.41, 5.74) is 4.55. The highest BCUT2D eigenvalue weighted by Crippen LogP contribution is 2.31. The molecule has 0 saturated carbocycles. The number of rotatable bonds is 0. The lowest BCUT2D eigenvalue weighted by molar-refractivity contribution is -0.138. The first-order valence-corrected chi connectivity index (χ1v) is 4.20. The van der Waals surface area contributed by atoms with E-state index in [0.717, 1.165) is 6.20 Å². The molecule has 2 N–H and O–H groups in total. The van der Waals surface area contributed by atoms with E-state index in [1.54, 1.807) is 0 Å². The van der Waals surface area contributed by atoms with Crippen LogP contribution in [-0.4, -0.2) is 4.98 Å². The number of alkyl halides is 3. The molecule has 0 amide bonds. The molecule has 0 atom stereocenters. The summed E-state index contributed by atoms with van der Waals surface area (Å²) in [4.78, 5) is 3.36. The van der Waals surface area contributed by atoms with Crippen LogP contribution in [0.4, 0.5) is 19.0 Å². The van der Waals surface area contributed by atoms with E-state index in [1.165, 1.54) is 13.0 Å². The Hall–Kier alpha value is -1.26. The first kappa shape index (κ1) is 12.7. The molecule has 1 rings (SSSR count). The maximum absolute atomic E-state index is 12.1. The molecule has 0 radical (unpaired) electrons. The predicted octanol–water partition coefficient (Wildman–Crippen LogP) is 3.02. The third kappa shape index (κ3) is 3.24. The predicted molar refractivity (Wildman–Crippen MR) is 49.7 cm³/mol. The van der Waals surface area contributed by atoms with Gasteiger partial charge in [0.1, 0.15) is 5.82 Å². The fraction of sp³-hybridized carbons (Fsp3) is 0.444. The smallest absolute Gasteiger partial charge is 0.384 e. The molecular weight excluding hydrogens is 193 g/mol. The summed E-state index contributed by atoms with van der Waals surface area (Å²) in [6.07, 6.45) is -3.60. The van der Waals surface area contributed by atoms with Crippen LogP contribution in [-0.2, 0) is 6.18 Å². The molecule has 0 saturated heterocycles. The zero-order valence-corrected chi connectivity index (χ0v) is 8.31. The monoisotopic (exact) mass is 206 g/mol. The average Bonchev–Trinajstić information content (AvgIpc) is 2.05. The Morgan fingerprint density at radius 2 is 1.79 bits per heavy atom. The van der Waals surface area contributed by atoms with E-state index in [2.05, 4.69) is 4.98 Å². The Balaban J connectivity index is 0.000000791. The second-order valence-corrected chi connectivity index (χ2v) is 2.42. The third-order valence-electron chi connectivity index (χ3n) is 1.44. The molecule has 0 fully saturated rings. The van der Waals surface area contributed by atoms with Crippen LogP contribution in [0.5, 0.6) is 0 Å². The Labute approximate surface area is 81.0 Å². The maximum Gasteiger partial charge on any atom is 0.418 e. The summed E-state index contributed by atoms with van der Waals surface area (Å²) >= 11 is 0. The van der Waals surface area contributed by atoms with Gasteiger partial charge < -0.3 is 5.73 Å². The first-order valence-electron chi connectivity index (χ1n) is 4.20. The minimum Gasteiger partial charge on any atom is -0.384 e. The van der Waals surface area contributed by atoms with Crippen LogP contribution < -0.4 is 5.73 Å². The normalized spacial score (nSPS) is 10.4. The highest BCUT2D eigenvalue weighted by atomic mass is 19.4. The molecule has 1 aromatic heterocycles. The largest absolute Gasteiger partial charge is 0.418 e. The van der Waals surface area contributed by atoms with Gasteiger partial charge in [-0.1, -0.05) is 13.8 Å². The number of hydrogen-bond donors (Lipinski definition) is 1. The van der Waals surface area contributed by atoms with Crippen molar-refractivity contribution in [3.63, 3.8) is 0 Å². The molecule has 0 bridgehead atoms. The van der Waals surface area contributed by atoms with Crippen LogP contribution >= 0.6 is 0 Å². The molecule has 0 unspecified atom stereocenters. The van der Waals surface area contributed by atoms with Gasteiger partial charge in [0.2, 0.25) is 0 Å². The number of pyridine rings is 1. The van der Waals surface area contributed by atoms with E-state index in [0.29, 0.717) is 0 Å². The zero-order chi connectivity index (χ0) is 11.4. The topological polar surface area (TPSA) is 38.9 Å². The summed E-state index contributed by atoms with van der Waals surface area (Å²) in [7, 11) is 0. The number of nitrogens with two attached hydrogens (primary N) is 1. The van der Waals surface area contributed by atoms with Crippen molar-refractivity contribution in [2.75, 3.05) is 5.73 Å².